The summed E-state index contributed by atoms with van der Waals surface area (Å²) in [5.41, 5.74) is 6.35. The molecule has 0 radical (unpaired) electrons. The van der Waals surface area contributed by atoms with Crippen LogP contribution in [0.15, 0.2) is 24.3 Å². The van der Waals surface area contributed by atoms with Crippen LogP contribution < -0.4 is 11.1 Å². The molecular weight excluding hydrogens is 256 g/mol. The molecule has 5 nitrogen and oxygen atoms in total. The number of carboxylic acids is 1. The maximum Gasteiger partial charge on any atom is 0.335 e. The second-order valence-electron chi connectivity index (χ2n) is 4.82. The van der Waals surface area contributed by atoms with E-state index in [9.17, 15) is 9.59 Å². The number of benzene rings is 1. The average molecular weight is 278 g/mol. The molecule has 1 atom stereocenters. The molecule has 0 saturated carbocycles. The highest BCUT2D eigenvalue weighted by molar-refractivity contribution is 5.92. The van der Waals surface area contributed by atoms with Crippen LogP contribution in [0.3, 0.4) is 0 Å². The summed E-state index contributed by atoms with van der Waals surface area (Å²) in [5, 5.41) is 11.5. The minimum atomic E-state index is -0.976. The molecule has 0 aliphatic carbocycles. The molecule has 1 unspecified atom stereocenters. The lowest BCUT2D eigenvalue weighted by Gasteiger charge is -2.13. The summed E-state index contributed by atoms with van der Waals surface area (Å²) < 4.78 is 0. The molecule has 0 aliphatic heterocycles. The number of anilines is 1. The molecule has 0 aliphatic rings. The summed E-state index contributed by atoms with van der Waals surface area (Å²) in [7, 11) is 0. The molecule has 0 bridgehead atoms. The van der Waals surface area contributed by atoms with Gasteiger partial charge in [0.1, 0.15) is 0 Å². The zero-order chi connectivity index (χ0) is 15.0. The number of amides is 1. The fourth-order valence-corrected chi connectivity index (χ4v) is 2.04. The van der Waals surface area contributed by atoms with Gasteiger partial charge in [-0.25, -0.2) is 4.79 Å². The van der Waals surface area contributed by atoms with Crippen LogP contribution in [0.4, 0.5) is 5.69 Å². The van der Waals surface area contributed by atoms with Crippen LogP contribution in [0.5, 0.6) is 0 Å². The highest BCUT2D eigenvalue weighted by Crippen LogP contribution is 2.16. The van der Waals surface area contributed by atoms with Crippen LogP contribution in [-0.4, -0.2) is 23.5 Å². The molecule has 1 rings (SSSR count). The number of nitrogens with one attached hydrogen (secondary N) is 1. The first-order valence-corrected chi connectivity index (χ1v) is 6.90. The third-order valence-corrected chi connectivity index (χ3v) is 3.35. The molecule has 20 heavy (non-hydrogen) atoms. The standard InChI is InChI=1S/C15H22N2O3/c1-2-11(9-10-16)3-8-14(18)17-13-6-4-12(5-7-13)15(19)20/h4-7,11H,2-3,8-10,16H2,1H3,(H,17,18)(H,19,20). The summed E-state index contributed by atoms with van der Waals surface area (Å²) in [5.74, 6) is -0.542. The van der Waals surface area contributed by atoms with Crippen LogP contribution in [0.2, 0.25) is 0 Å². The molecule has 1 aromatic rings. The highest BCUT2D eigenvalue weighted by Gasteiger charge is 2.09. The number of carbonyl (C=O) groups excluding carboxylic acids is 1. The van der Waals surface area contributed by atoms with Crippen molar-refractivity contribution in [2.24, 2.45) is 11.7 Å². The van der Waals surface area contributed by atoms with Crippen LogP contribution >= 0.6 is 0 Å². The molecule has 4 N–H and O–H groups in total. The first-order chi connectivity index (χ1) is 9.56. The van der Waals surface area contributed by atoms with Gasteiger partial charge in [0.2, 0.25) is 5.91 Å². The Morgan fingerprint density at radius 3 is 2.40 bits per heavy atom. The number of rotatable bonds is 8. The van der Waals surface area contributed by atoms with E-state index in [1.54, 1.807) is 12.1 Å². The van der Waals surface area contributed by atoms with Crippen molar-refractivity contribution in [2.45, 2.75) is 32.6 Å². The van der Waals surface area contributed by atoms with E-state index in [2.05, 4.69) is 12.2 Å². The van der Waals surface area contributed by atoms with Crippen molar-refractivity contribution in [1.29, 1.82) is 0 Å². The Kier molecular flexibility index (Phi) is 6.73. The lowest BCUT2D eigenvalue weighted by molar-refractivity contribution is -0.116. The third kappa shape index (κ3) is 5.40. The van der Waals surface area contributed by atoms with Crippen molar-refractivity contribution in [3.8, 4) is 0 Å². The van der Waals surface area contributed by atoms with E-state index in [-0.39, 0.29) is 11.5 Å². The Balaban J connectivity index is 2.43. The molecule has 0 aromatic heterocycles. The molecule has 1 amide bonds. The first kappa shape index (κ1) is 16.2. The molecular formula is C15H22N2O3. The monoisotopic (exact) mass is 278 g/mol. The lowest BCUT2D eigenvalue weighted by Crippen LogP contribution is -2.15. The maximum absolute atomic E-state index is 11.8. The fourth-order valence-electron chi connectivity index (χ4n) is 2.04. The average Bonchev–Trinajstić information content (AvgIpc) is 2.44. The summed E-state index contributed by atoms with van der Waals surface area (Å²) >= 11 is 0. The van der Waals surface area contributed by atoms with Gasteiger partial charge in [0.25, 0.3) is 0 Å². The Hall–Kier alpha value is -1.88. The van der Waals surface area contributed by atoms with Gasteiger partial charge in [0, 0.05) is 12.1 Å². The first-order valence-electron chi connectivity index (χ1n) is 6.90. The number of carboxylic acid groups (broad SMARTS) is 1. The van der Waals surface area contributed by atoms with Crippen LogP contribution in [-0.2, 0) is 4.79 Å². The lowest BCUT2D eigenvalue weighted by atomic mass is 9.96. The van der Waals surface area contributed by atoms with Crippen LogP contribution in [0.1, 0.15) is 43.0 Å². The van der Waals surface area contributed by atoms with Crippen LogP contribution in [0.25, 0.3) is 0 Å². The topological polar surface area (TPSA) is 92.4 Å². The Bertz CT molecular complexity index is 443. The van der Waals surface area contributed by atoms with Crippen molar-refractivity contribution in [1.82, 2.24) is 0 Å². The van der Waals surface area contributed by atoms with Gasteiger partial charge in [0.05, 0.1) is 5.56 Å². The minimum Gasteiger partial charge on any atom is -0.478 e. The predicted molar refractivity (Wildman–Crippen MR) is 78.7 cm³/mol. The number of carbonyl (C=O) groups is 2. The molecule has 1 aromatic carbocycles. The minimum absolute atomic E-state index is 0.0523. The van der Waals surface area contributed by atoms with Gasteiger partial charge in [-0.3, -0.25) is 4.79 Å². The van der Waals surface area contributed by atoms with Gasteiger partial charge in [-0.1, -0.05) is 13.3 Å². The number of nitrogens with two attached hydrogens (primary N) is 1. The molecule has 110 valence electrons. The molecule has 0 saturated heterocycles. The number of hydrogen-bond acceptors (Lipinski definition) is 3. The van der Waals surface area contributed by atoms with Gasteiger partial charge in [-0.05, 0) is 49.6 Å². The van der Waals surface area contributed by atoms with Gasteiger partial charge >= 0.3 is 5.97 Å². The van der Waals surface area contributed by atoms with Crippen molar-refractivity contribution in [2.75, 3.05) is 11.9 Å². The van der Waals surface area contributed by atoms with Gasteiger partial charge in [0.15, 0.2) is 0 Å². The van der Waals surface area contributed by atoms with E-state index in [1.807, 2.05) is 0 Å². The Labute approximate surface area is 119 Å². The van der Waals surface area contributed by atoms with E-state index in [0.29, 0.717) is 24.6 Å². The molecule has 0 spiro atoms. The van der Waals surface area contributed by atoms with E-state index >= 15 is 0 Å². The fraction of sp³-hybridized carbons (Fsp3) is 0.467. The summed E-state index contributed by atoms with van der Waals surface area (Å²) in [6.45, 7) is 2.75. The van der Waals surface area contributed by atoms with E-state index in [1.165, 1.54) is 12.1 Å². The number of hydrogen-bond donors (Lipinski definition) is 3. The Morgan fingerprint density at radius 2 is 1.90 bits per heavy atom. The molecule has 0 fully saturated rings. The zero-order valence-corrected chi connectivity index (χ0v) is 11.8. The van der Waals surface area contributed by atoms with E-state index in [0.717, 1.165) is 19.3 Å². The summed E-state index contributed by atoms with van der Waals surface area (Å²) in [4.78, 5) is 22.5. The predicted octanol–water partition coefficient (Wildman–Crippen LogP) is 2.48. The van der Waals surface area contributed by atoms with Crippen molar-refractivity contribution < 1.29 is 14.7 Å². The SMILES string of the molecule is CCC(CCN)CCC(=O)Nc1ccc(C(=O)O)cc1. The second kappa shape index (κ2) is 8.32. The van der Waals surface area contributed by atoms with Gasteiger partial charge in [-0.15, -0.1) is 0 Å². The van der Waals surface area contributed by atoms with Crippen LogP contribution in [0, 0.1) is 5.92 Å². The van der Waals surface area contributed by atoms with Crippen molar-refractivity contribution in [3.05, 3.63) is 29.8 Å². The van der Waals surface area contributed by atoms with Crippen molar-refractivity contribution in [3.63, 3.8) is 0 Å². The third-order valence-electron chi connectivity index (χ3n) is 3.35. The zero-order valence-electron chi connectivity index (χ0n) is 11.8. The smallest absolute Gasteiger partial charge is 0.335 e. The quantitative estimate of drug-likeness (QED) is 0.681. The second-order valence-corrected chi connectivity index (χ2v) is 4.82. The molecule has 0 heterocycles. The highest BCUT2D eigenvalue weighted by atomic mass is 16.4. The van der Waals surface area contributed by atoms with Gasteiger partial charge < -0.3 is 16.2 Å². The largest absolute Gasteiger partial charge is 0.478 e. The number of aromatic carboxylic acids is 1. The van der Waals surface area contributed by atoms with Crippen molar-refractivity contribution >= 4 is 17.6 Å². The maximum atomic E-state index is 11.8. The summed E-state index contributed by atoms with van der Waals surface area (Å²) in [6, 6.07) is 6.14. The summed E-state index contributed by atoms with van der Waals surface area (Å²) in [6.07, 6.45) is 3.25. The molecule has 5 heteroatoms. The van der Waals surface area contributed by atoms with E-state index in [4.69, 9.17) is 10.8 Å². The van der Waals surface area contributed by atoms with Gasteiger partial charge in [-0.2, -0.15) is 0 Å². The van der Waals surface area contributed by atoms with E-state index < -0.39 is 5.97 Å². The Morgan fingerprint density at radius 1 is 1.25 bits per heavy atom. The normalized spacial score (nSPS) is 11.9.